The number of urea groups is 1. The van der Waals surface area contributed by atoms with Gasteiger partial charge in [0.25, 0.3) is 15.9 Å². The summed E-state index contributed by atoms with van der Waals surface area (Å²) in [6.07, 6.45) is 5.13. The Morgan fingerprint density at radius 1 is 1.19 bits per heavy atom. The molecule has 1 saturated heterocycles. The monoisotopic (exact) mass is 477 g/mol. The van der Waals surface area contributed by atoms with Gasteiger partial charge in [-0.3, -0.25) is 19.2 Å². The van der Waals surface area contributed by atoms with E-state index in [4.69, 9.17) is 0 Å². The van der Waals surface area contributed by atoms with Crippen LogP contribution in [0.4, 0.5) is 15.6 Å². The van der Waals surface area contributed by atoms with Gasteiger partial charge in [0, 0.05) is 30.2 Å². The molecule has 2 fully saturated rings. The second-order valence-corrected chi connectivity index (χ2v) is 10.4. The Kier molecular flexibility index (Phi) is 6.15. The van der Waals surface area contributed by atoms with Gasteiger partial charge in [0.15, 0.2) is 5.13 Å². The Balaban J connectivity index is 1.26. The molecule has 12 heteroatoms. The second kappa shape index (κ2) is 8.87. The Labute approximate surface area is 189 Å². The molecule has 2 aliphatic rings. The van der Waals surface area contributed by atoms with E-state index < -0.39 is 15.6 Å². The lowest BCUT2D eigenvalue weighted by molar-refractivity contribution is -0.131. The van der Waals surface area contributed by atoms with E-state index in [1.165, 1.54) is 46.7 Å². The average molecular weight is 478 g/mol. The van der Waals surface area contributed by atoms with Crippen LogP contribution >= 0.6 is 11.3 Å². The Hall–Kier alpha value is -2.99. The summed E-state index contributed by atoms with van der Waals surface area (Å²) in [6.45, 7) is 0.180. The standard InChI is InChI=1S/C20H23N5O5S2/c26-16(4-3-12-25-17(27)20(23-19(25)28)9-1-2-10-20)22-14-5-7-15(8-6-14)32(29,30)24-18-21-11-13-31-18/h5-8,11,13H,1-4,9-10,12H2,(H,21,24)(H,22,26)(H,23,28). The van der Waals surface area contributed by atoms with Gasteiger partial charge in [-0.25, -0.2) is 18.2 Å². The molecule has 0 atom stereocenters. The molecule has 4 rings (SSSR count). The topological polar surface area (TPSA) is 138 Å². The zero-order valence-electron chi connectivity index (χ0n) is 17.2. The number of rotatable bonds is 8. The van der Waals surface area contributed by atoms with E-state index in [1.807, 2.05) is 0 Å². The number of nitrogens with one attached hydrogen (secondary N) is 3. The number of aromatic nitrogens is 1. The summed E-state index contributed by atoms with van der Waals surface area (Å²) in [4.78, 5) is 42.1. The van der Waals surface area contributed by atoms with E-state index in [2.05, 4.69) is 20.3 Å². The molecule has 0 radical (unpaired) electrons. The van der Waals surface area contributed by atoms with Gasteiger partial charge < -0.3 is 10.6 Å². The van der Waals surface area contributed by atoms with Gasteiger partial charge in [0.1, 0.15) is 5.54 Å². The summed E-state index contributed by atoms with van der Waals surface area (Å²) in [5, 5.41) is 7.44. The maximum atomic E-state index is 12.6. The summed E-state index contributed by atoms with van der Waals surface area (Å²) in [6, 6.07) is 5.38. The Bertz CT molecular complexity index is 1110. The van der Waals surface area contributed by atoms with Gasteiger partial charge >= 0.3 is 6.03 Å². The molecule has 2 aromatic rings. The maximum Gasteiger partial charge on any atom is 0.325 e. The summed E-state index contributed by atoms with van der Waals surface area (Å²) < 4.78 is 27.1. The van der Waals surface area contributed by atoms with E-state index in [-0.39, 0.29) is 40.8 Å². The second-order valence-electron chi connectivity index (χ2n) is 7.80. The van der Waals surface area contributed by atoms with Crippen LogP contribution in [0.15, 0.2) is 40.7 Å². The number of amides is 4. The quantitative estimate of drug-likeness (QED) is 0.500. The first-order valence-corrected chi connectivity index (χ1v) is 12.6. The van der Waals surface area contributed by atoms with E-state index >= 15 is 0 Å². The van der Waals surface area contributed by atoms with Crippen molar-refractivity contribution in [2.75, 3.05) is 16.6 Å². The number of hydrogen-bond donors (Lipinski definition) is 3. The zero-order valence-corrected chi connectivity index (χ0v) is 18.8. The van der Waals surface area contributed by atoms with Crippen LogP contribution in [0.25, 0.3) is 0 Å². The highest BCUT2D eigenvalue weighted by Gasteiger charge is 2.52. The molecule has 1 aromatic carbocycles. The fourth-order valence-electron chi connectivity index (χ4n) is 3.98. The average Bonchev–Trinajstić information content (AvgIpc) is 3.47. The van der Waals surface area contributed by atoms with Gasteiger partial charge in [-0.05, 0) is 43.5 Å². The third-order valence-electron chi connectivity index (χ3n) is 5.59. The van der Waals surface area contributed by atoms with E-state index in [1.54, 1.807) is 5.38 Å². The molecule has 170 valence electrons. The van der Waals surface area contributed by atoms with Crippen molar-refractivity contribution in [3.05, 3.63) is 35.8 Å². The van der Waals surface area contributed by atoms with Crippen LogP contribution in [0.3, 0.4) is 0 Å². The predicted molar refractivity (Wildman–Crippen MR) is 119 cm³/mol. The van der Waals surface area contributed by atoms with Gasteiger partial charge in [-0.15, -0.1) is 11.3 Å². The van der Waals surface area contributed by atoms with E-state index in [0.717, 1.165) is 12.8 Å². The van der Waals surface area contributed by atoms with Crippen molar-refractivity contribution < 1.29 is 22.8 Å². The van der Waals surface area contributed by atoms with Crippen LogP contribution in [0, 0.1) is 0 Å². The van der Waals surface area contributed by atoms with Crippen LogP contribution in [0.2, 0.25) is 0 Å². The van der Waals surface area contributed by atoms with Gasteiger partial charge in [-0.1, -0.05) is 12.8 Å². The van der Waals surface area contributed by atoms with Crippen LogP contribution in [-0.2, 0) is 19.6 Å². The molecule has 1 saturated carbocycles. The number of anilines is 2. The maximum absolute atomic E-state index is 12.6. The molecule has 1 aliphatic carbocycles. The first kappa shape index (κ1) is 22.2. The first-order chi connectivity index (χ1) is 15.3. The minimum Gasteiger partial charge on any atom is -0.326 e. The number of imide groups is 1. The van der Waals surface area contributed by atoms with Gasteiger partial charge in [0.2, 0.25) is 5.91 Å². The van der Waals surface area contributed by atoms with Crippen molar-refractivity contribution in [3.8, 4) is 0 Å². The molecule has 3 N–H and O–H groups in total. The molecule has 2 heterocycles. The minimum atomic E-state index is -3.76. The summed E-state index contributed by atoms with van der Waals surface area (Å²) >= 11 is 1.17. The molecular weight excluding hydrogens is 454 g/mol. The van der Waals surface area contributed by atoms with Crippen molar-refractivity contribution in [1.29, 1.82) is 0 Å². The molecule has 4 amide bonds. The normalized spacial score (nSPS) is 17.6. The molecule has 0 unspecified atom stereocenters. The SMILES string of the molecule is O=C(CCCN1C(=O)NC2(CCCC2)C1=O)Nc1ccc(S(=O)(=O)Nc2nccs2)cc1. The molecular formula is C20H23N5O5S2. The lowest BCUT2D eigenvalue weighted by Gasteiger charge is -2.19. The fraction of sp³-hybridized carbons (Fsp3) is 0.400. The smallest absolute Gasteiger partial charge is 0.325 e. The van der Waals surface area contributed by atoms with Gasteiger partial charge in [0.05, 0.1) is 4.90 Å². The summed E-state index contributed by atoms with van der Waals surface area (Å²) in [5.74, 6) is -0.479. The molecule has 1 spiro atoms. The number of carbonyl (C=O) groups is 3. The lowest BCUT2D eigenvalue weighted by atomic mass is 9.98. The number of thiazole rings is 1. The Morgan fingerprint density at radius 3 is 2.56 bits per heavy atom. The van der Waals surface area contributed by atoms with Crippen molar-refractivity contribution in [2.45, 2.75) is 49.0 Å². The van der Waals surface area contributed by atoms with Crippen molar-refractivity contribution in [1.82, 2.24) is 15.2 Å². The zero-order chi connectivity index (χ0) is 22.8. The first-order valence-electron chi connectivity index (χ1n) is 10.3. The number of carbonyl (C=O) groups excluding carboxylic acids is 3. The largest absolute Gasteiger partial charge is 0.326 e. The molecule has 0 bridgehead atoms. The molecule has 1 aromatic heterocycles. The predicted octanol–water partition coefficient (Wildman–Crippen LogP) is 2.53. The highest BCUT2D eigenvalue weighted by Crippen LogP contribution is 2.35. The van der Waals surface area contributed by atoms with Crippen LogP contribution in [0.5, 0.6) is 0 Å². The van der Waals surface area contributed by atoms with Crippen molar-refractivity contribution in [2.24, 2.45) is 0 Å². The highest BCUT2D eigenvalue weighted by molar-refractivity contribution is 7.93. The summed E-state index contributed by atoms with van der Waals surface area (Å²) in [7, 11) is -3.76. The molecule has 1 aliphatic heterocycles. The molecule has 32 heavy (non-hydrogen) atoms. The minimum absolute atomic E-state index is 0.0464. The number of hydrogen-bond acceptors (Lipinski definition) is 7. The van der Waals surface area contributed by atoms with E-state index in [0.29, 0.717) is 24.9 Å². The third kappa shape index (κ3) is 4.60. The van der Waals surface area contributed by atoms with Crippen molar-refractivity contribution >= 4 is 50.0 Å². The summed E-state index contributed by atoms with van der Waals surface area (Å²) in [5.41, 5.74) is -0.293. The highest BCUT2D eigenvalue weighted by atomic mass is 32.2. The lowest BCUT2D eigenvalue weighted by Crippen LogP contribution is -2.44. The fourth-order valence-corrected chi connectivity index (χ4v) is 5.77. The van der Waals surface area contributed by atoms with Crippen LogP contribution < -0.4 is 15.4 Å². The van der Waals surface area contributed by atoms with Crippen LogP contribution in [-0.4, -0.2) is 48.2 Å². The Morgan fingerprint density at radius 2 is 1.91 bits per heavy atom. The van der Waals surface area contributed by atoms with Gasteiger partial charge in [-0.2, -0.15) is 0 Å². The van der Waals surface area contributed by atoms with E-state index in [9.17, 15) is 22.8 Å². The van der Waals surface area contributed by atoms with Crippen molar-refractivity contribution in [3.63, 3.8) is 0 Å². The third-order valence-corrected chi connectivity index (χ3v) is 7.76. The number of nitrogens with zero attached hydrogens (tertiary/aromatic N) is 2. The molecule has 10 nitrogen and oxygen atoms in total. The number of sulfonamides is 1. The van der Waals surface area contributed by atoms with Crippen LogP contribution in [0.1, 0.15) is 38.5 Å². The number of benzene rings is 1.